The predicted octanol–water partition coefficient (Wildman–Crippen LogP) is 3.13. The molecule has 0 aliphatic rings. The SMILES string of the molecule is Cn1ccc(-c2nnc(NC(=O)Nc3ccccc3C(F)(F)F)o2)n1. The third-order valence-electron chi connectivity index (χ3n) is 3.06. The molecule has 0 atom stereocenters. The Balaban J connectivity index is 1.71. The van der Waals surface area contributed by atoms with Crippen molar-refractivity contribution in [3.8, 4) is 11.6 Å². The highest BCUT2D eigenvalue weighted by molar-refractivity contribution is 5.99. The Morgan fingerprint density at radius 2 is 1.92 bits per heavy atom. The largest absolute Gasteiger partial charge is 0.418 e. The molecule has 25 heavy (non-hydrogen) atoms. The summed E-state index contributed by atoms with van der Waals surface area (Å²) >= 11 is 0. The van der Waals surface area contributed by atoms with Gasteiger partial charge in [-0.3, -0.25) is 10.00 Å². The molecule has 2 heterocycles. The lowest BCUT2D eigenvalue weighted by Crippen LogP contribution is -2.22. The number of carbonyl (C=O) groups is 1. The topological polar surface area (TPSA) is 97.9 Å². The summed E-state index contributed by atoms with van der Waals surface area (Å²) in [5, 5.41) is 15.6. The molecule has 0 aliphatic carbocycles. The highest BCUT2D eigenvalue weighted by atomic mass is 19.4. The Morgan fingerprint density at radius 1 is 1.16 bits per heavy atom. The van der Waals surface area contributed by atoms with E-state index >= 15 is 0 Å². The summed E-state index contributed by atoms with van der Waals surface area (Å²) in [6.07, 6.45) is -2.94. The van der Waals surface area contributed by atoms with Gasteiger partial charge in [-0.05, 0) is 18.2 Å². The van der Waals surface area contributed by atoms with Crippen molar-refractivity contribution < 1.29 is 22.4 Å². The van der Waals surface area contributed by atoms with Crippen LogP contribution in [0.25, 0.3) is 11.6 Å². The molecule has 2 N–H and O–H groups in total. The average molecular weight is 352 g/mol. The first-order valence-corrected chi connectivity index (χ1v) is 6.90. The molecule has 0 spiro atoms. The molecule has 1 aromatic carbocycles. The number of aromatic nitrogens is 4. The molecule has 0 saturated heterocycles. The molecule has 130 valence electrons. The van der Waals surface area contributed by atoms with E-state index in [1.807, 2.05) is 0 Å². The van der Waals surface area contributed by atoms with Crippen molar-refractivity contribution in [2.75, 3.05) is 10.6 Å². The highest BCUT2D eigenvalue weighted by Crippen LogP contribution is 2.34. The van der Waals surface area contributed by atoms with Crippen molar-refractivity contribution in [3.05, 3.63) is 42.1 Å². The van der Waals surface area contributed by atoms with Crippen molar-refractivity contribution >= 4 is 17.7 Å². The summed E-state index contributed by atoms with van der Waals surface area (Å²) in [5.41, 5.74) is -0.965. The number of nitrogens with zero attached hydrogens (tertiary/aromatic N) is 4. The number of benzene rings is 1. The molecule has 0 saturated carbocycles. The fourth-order valence-corrected chi connectivity index (χ4v) is 2.00. The van der Waals surface area contributed by atoms with E-state index in [9.17, 15) is 18.0 Å². The summed E-state index contributed by atoms with van der Waals surface area (Å²) < 4.78 is 45.4. The summed E-state index contributed by atoms with van der Waals surface area (Å²) in [5.74, 6) is 0.0617. The van der Waals surface area contributed by atoms with Gasteiger partial charge in [0.2, 0.25) is 0 Å². The molecule has 0 fully saturated rings. The number of aryl methyl sites for hydroxylation is 1. The zero-order chi connectivity index (χ0) is 18.0. The minimum Gasteiger partial charge on any atom is -0.401 e. The normalized spacial score (nSPS) is 11.4. The van der Waals surface area contributed by atoms with Gasteiger partial charge in [0, 0.05) is 13.2 Å². The molecule has 3 aromatic rings. The van der Waals surface area contributed by atoms with Gasteiger partial charge in [0.25, 0.3) is 5.89 Å². The molecule has 3 rings (SSSR count). The fourth-order valence-electron chi connectivity index (χ4n) is 2.00. The van der Waals surface area contributed by atoms with Crippen LogP contribution in [-0.2, 0) is 13.2 Å². The Bertz CT molecular complexity index is 902. The van der Waals surface area contributed by atoms with Gasteiger partial charge in [-0.15, -0.1) is 5.10 Å². The second-order valence-electron chi connectivity index (χ2n) is 4.91. The lowest BCUT2D eigenvalue weighted by molar-refractivity contribution is -0.136. The van der Waals surface area contributed by atoms with Crippen LogP contribution in [0.2, 0.25) is 0 Å². The Hall–Kier alpha value is -3.37. The summed E-state index contributed by atoms with van der Waals surface area (Å²) in [6.45, 7) is 0. The van der Waals surface area contributed by atoms with Crippen molar-refractivity contribution in [2.45, 2.75) is 6.18 Å². The molecule has 11 heteroatoms. The third-order valence-corrected chi connectivity index (χ3v) is 3.06. The molecular weight excluding hydrogens is 341 g/mol. The van der Waals surface area contributed by atoms with E-state index in [0.29, 0.717) is 5.69 Å². The maximum atomic E-state index is 12.9. The van der Waals surface area contributed by atoms with E-state index in [4.69, 9.17) is 4.42 Å². The second kappa shape index (κ2) is 6.26. The van der Waals surface area contributed by atoms with E-state index in [2.05, 4.69) is 25.9 Å². The molecule has 2 aromatic heterocycles. The van der Waals surface area contributed by atoms with E-state index in [-0.39, 0.29) is 11.9 Å². The monoisotopic (exact) mass is 352 g/mol. The van der Waals surface area contributed by atoms with E-state index < -0.39 is 23.5 Å². The van der Waals surface area contributed by atoms with Gasteiger partial charge >= 0.3 is 18.2 Å². The summed E-state index contributed by atoms with van der Waals surface area (Å²) in [6, 6.07) is 4.99. The van der Waals surface area contributed by atoms with Gasteiger partial charge in [0.05, 0.1) is 11.3 Å². The Kier molecular flexibility index (Phi) is 4.13. The lowest BCUT2D eigenvalue weighted by Gasteiger charge is -2.13. The Morgan fingerprint density at radius 3 is 2.60 bits per heavy atom. The van der Waals surface area contributed by atoms with Crippen LogP contribution in [0.5, 0.6) is 0 Å². The maximum absolute atomic E-state index is 12.9. The number of nitrogens with one attached hydrogen (secondary N) is 2. The first-order valence-electron chi connectivity index (χ1n) is 6.90. The number of para-hydroxylation sites is 1. The van der Waals surface area contributed by atoms with Crippen LogP contribution >= 0.6 is 0 Å². The van der Waals surface area contributed by atoms with E-state index in [1.54, 1.807) is 19.3 Å². The number of anilines is 2. The standard InChI is InChI=1S/C14H11F3N6O2/c1-23-7-6-10(22-23)11-20-21-13(25-11)19-12(24)18-9-5-3-2-4-8(9)14(15,16)17/h2-7H,1H3,(H2,18,19,21,24). The molecule has 8 nitrogen and oxygen atoms in total. The van der Waals surface area contributed by atoms with E-state index in [1.165, 1.54) is 16.8 Å². The lowest BCUT2D eigenvalue weighted by atomic mass is 10.1. The van der Waals surface area contributed by atoms with Crippen LogP contribution in [0, 0.1) is 0 Å². The first kappa shape index (κ1) is 16.5. The molecule has 0 bridgehead atoms. The van der Waals surface area contributed by atoms with Crippen LogP contribution in [0.3, 0.4) is 0 Å². The highest BCUT2D eigenvalue weighted by Gasteiger charge is 2.33. The first-order chi connectivity index (χ1) is 11.8. The maximum Gasteiger partial charge on any atom is 0.418 e. The zero-order valence-corrected chi connectivity index (χ0v) is 12.7. The van der Waals surface area contributed by atoms with E-state index in [0.717, 1.165) is 12.1 Å². The minimum absolute atomic E-state index is 0.0617. The van der Waals surface area contributed by atoms with Gasteiger partial charge in [-0.1, -0.05) is 17.2 Å². The number of alkyl halides is 3. The van der Waals surface area contributed by atoms with Gasteiger partial charge in [-0.2, -0.15) is 18.3 Å². The number of halogens is 3. The van der Waals surface area contributed by atoms with Crippen LogP contribution < -0.4 is 10.6 Å². The molecule has 0 aliphatic heterocycles. The predicted molar refractivity (Wildman–Crippen MR) is 80.6 cm³/mol. The third kappa shape index (κ3) is 3.76. The van der Waals surface area contributed by atoms with Crippen LogP contribution in [0.1, 0.15) is 5.56 Å². The summed E-state index contributed by atoms with van der Waals surface area (Å²) in [7, 11) is 1.70. The summed E-state index contributed by atoms with van der Waals surface area (Å²) in [4.78, 5) is 11.9. The quantitative estimate of drug-likeness (QED) is 0.755. The van der Waals surface area contributed by atoms with Crippen molar-refractivity contribution in [2.24, 2.45) is 7.05 Å². The fraction of sp³-hybridized carbons (Fsp3) is 0.143. The minimum atomic E-state index is -4.60. The number of urea groups is 1. The van der Waals surface area contributed by atoms with Crippen LogP contribution in [-0.4, -0.2) is 26.0 Å². The number of hydrogen-bond donors (Lipinski definition) is 2. The van der Waals surface area contributed by atoms with Gasteiger partial charge < -0.3 is 9.73 Å². The van der Waals surface area contributed by atoms with Crippen LogP contribution in [0.4, 0.5) is 29.7 Å². The second-order valence-corrected chi connectivity index (χ2v) is 4.91. The van der Waals surface area contributed by atoms with Crippen molar-refractivity contribution in [1.82, 2.24) is 20.0 Å². The number of rotatable bonds is 3. The average Bonchev–Trinajstić information content (AvgIpc) is 3.15. The van der Waals surface area contributed by atoms with Gasteiger partial charge in [0.1, 0.15) is 5.69 Å². The number of hydrogen-bond acceptors (Lipinski definition) is 5. The number of amides is 2. The van der Waals surface area contributed by atoms with Crippen LogP contribution in [0.15, 0.2) is 40.9 Å². The van der Waals surface area contributed by atoms with Crippen molar-refractivity contribution in [3.63, 3.8) is 0 Å². The Labute approximate surface area is 138 Å². The number of carbonyl (C=O) groups excluding carboxylic acids is 1. The molecule has 0 radical (unpaired) electrons. The van der Waals surface area contributed by atoms with Crippen molar-refractivity contribution in [1.29, 1.82) is 0 Å². The van der Waals surface area contributed by atoms with Gasteiger partial charge in [-0.25, -0.2) is 4.79 Å². The molecule has 2 amide bonds. The zero-order valence-electron chi connectivity index (χ0n) is 12.7. The molecular formula is C14H11F3N6O2. The smallest absolute Gasteiger partial charge is 0.401 e. The molecule has 0 unspecified atom stereocenters. The van der Waals surface area contributed by atoms with Gasteiger partial charge in [0.15, 0.2) is 0 Å².